The molecule has 5 nitrogen and oxygen atoms in total. The van der Waals surface area contributed by atoms with Crippen molar-refractivity contribution in [3.63, 3.8) is 0 Å². The quantitative estimate of drug-likeness (QED) is 0.691. The standard InChI is InChI=1S/C14H12BrN3O2/c1-20-13-4-2-10(3-5-13)7-17-18-14(19)11-6-12(15)9-16-8-11/h2-9H,1H3,(H,18,19). The van der Waals surface area contributed by atoms with Crippen LogP contribution in [0.15, 0.2) is 52.3 Å². The van der Waals surface area contributed by atoms with Crippen molar-refractivity contribution in [3.8, 4) is 5.75 Å². The number of nitrogens with zero attached hydrogens (tertiary/aromatic N) is 2. The van der Waals surface area contributed by atoms with E-state index in [0.29, 0.717) is 5.56 Å². The average Bonchev–Trinajstić information content (AvgIpc) is 2.48. The van der Waals surface area contributed by atoms with Gasteiger partial charge in [0.05, 0.1) is 18.9 Å². The Morgan fingerprint density at radius 1 is 1.35 bits per heavy atom. The third-order valence-electron chi connectivity index (χ3n) is 2.46. The molecular formula is C14H12BrN3O2. The number of rotatable bonds is 4. The van der Waals surface area contributed by atoms with E-state index < -0.39 is 0 Å². The molecule has 0 radical (unpaired) electrons. The Morgan fingerprint density at radius 2 is 2.10 bits per heavy atom. The number of hydrazone groups is 1. The summed E-state index contributed by atoms with van der Waals surface area (Å²) >= 11 is 3.26. The number of hydrogen-bond acceptors (Lipinski definition) is 4. The predicted molar refractivity (Wildman–Crippen MR) is 80.0 cm³/mol. The molecule has 0 aliphatic carbocycles. The Balaban J connectivity index is 1.97. The summed E-state index contributed by atoms with van der Waals surface area (Å²) in [5, 5.41) is 3.89. The summed E-state index contributed by atoms with van der Waals surface area (Å²) in [4.78, 5) is 15.7. The van der Waals surface area contributed by atoms with Crippen LogP contribution in [-0.2, 0) is 0 Å². The van der Waals surface area contributed by atoms with Crippen molar-refractivity contribution in [2.75, 3.05) is 7.11 Å². The minimum atomic E-state index is -0.316. The van der Waals surface area contributed by atoms with Crippen molar-refractivity contribution in [2.24, 2.45) is 5.10 Å². The van der Waals surface area contributed by atoms with E-state index in [1.54, 1.807) is 25.6 Å². The molecule has 6 heteroatoms. The number of ether oxygens (including phenoxy) is 1. The Hall–Kier alpha value is -2.21. The van der Waals surface area contributed by atoms with Crippen LogP contribution in [0.1, 0.15) is 15.9 Å². The number of nitrogens with one attached hydrogen (secondary N) is 1. The monoisotopic (exact) mass is 333 g/mol. The van der Waals surface area contributed by atoms with Gasteiger partial charge >= 0.3 is 0 Å². The minimum Gasteiger partial charge on any atom is -0.497 e. The van der Waals surface area contributed by atoms with E-state index in [1.165, 1.54) is 6.20 Å². The fourth-order valence-electron chi connectivity index (χ4n) is 1.46. The largest absolute Gasteiger partial charge is 0.497 e. The zero-order valence-electron chi connectivity index (χ0n) is 10.7. The van der Waals surface area contributed by atoms with Gasteiger partial charge in [0.25, 0.3) is 5.91 Å². The number of carbonyl (C=O) groups is 1. The van der Waals surface area contributed by atoms with E-state index >= 15 is 0 Å². The third-order valence-corrected chi connectivity index (χ3v) is 2.90. The highest BCUT2D eigenvalue weighted by Gasteiger charge is 2.04. The Bertz CT molecular complexity index is 627. The highest BCUT2D eigenvalue weighted by molar-refractivity contribution is 9.10. The molecule has 0 saturated carbocycles. The summed E-state index contributed by atoms with van der Waals surface area (Å²) in [6, 6.07) is 9.00. The molecular weight excluding hydrogens is 322 g/mol. The maximum atomic E-state index is 11.8. The van der Waals surface area contributed by atoms with E-state index in [4.69, 9.17) is 4.74 Å². The lowest BCUT2D eigenvalue weighted by Gasteiger charge is -2.00. The molecule has 0 fully saturated rings. The lowest BCUT2D eigenvalue weighted by molar-refractivity contribution is 0.0954. The second kappa shape index (κ2) is 6.81. The summed E-state index contributed by atoms with van der Waals surface area (Å²) in [6.07, 6.45) is 4.64. The molecule has 1 amide bonds. The zero-order valence-corrected chi connectivity index (χ0v) is 12.3. The topological polar surface area (TPSA) is 63.6 Å². The van der Waals surface area contributed by atoms with Crippen LogP contribution in [0, 0.1) is 0 Å². The molecule has 0 atom stereocenters. The third kappa shape index (κ3) is 3.89. The van der Waals surface area contributed by atoms with Gasteiger partial charge in [-0.2, -0.15) is 5.10 Å². The molecule has 1 N–H and O–H groups in total. The van der Waals surface area contributed by atoms with Gasteiger partial charge in [-0.1, -0.05) is 0 Å². The van der Waals surface area contributed by atoms with Crippen LogP contribution in [0.4, 0.5) is 0 Å². The number of benzene rings is 1. The summed E-state index contributed by atoms with van der Waals surface area (Å²) in [6.45, 7) is 0. The van der Waals surface area contributed by atoms with E-state index in [2.05, 4.69) is 31.4 Å². The van der Waals surface area contributed by atoms with Gasteiger partial charge in [0.2, 0.25) is 0 Å². The first-order valence-electron chi connectivity index (χ1n) is 5.77. The second-order valence-electron chi connectivity index (χ2n) is 3.86. The first-order valence-corrected chi connectivity index (χ1v) is 6.56. The minimum absolute atomic E-state index is 0.316. The summed E-state index contributed by atoms with van der Waals surface area (Å²) < 4.78 is 5.80. The van der Waals surface area contributed by atoms with Crippen LogP contribution in [0.3, 0.4) is 0 Å². The molecule has 1 heterocycles. The number of amides is 1. The van der Waals surface area contributed by atoms with Gasteiger partial charge in [0, 0.05) is 16.9 Å². The van der Waals surface area contributed by atoms with Crippen molar-refractivity contribution in [2.45, 2.75) is 0 Å². The molecule has 0 spiro atoms. The first-order chi connectivity index (χ1) is 9.69. The van der Waals surface area contributed by atoms with Crippen molar-refractivity contribution < 1.29 is 9.53 Å². The number of aromatic nitrogens is 1. The molecule has 0 aliphatic rings. The molecule has 0 saturated heterocycles. The number of halogens is 1. The number of methoxy groups -OCH3 is 1. The van der Waals surface area contributed by atoms with Crippen LogP contribution in [-0.4, -0.2) is 24.2 Å². The molecule has 102 valence electrons. The first kappa shape index (κ1) is 14.2. The van der Waals surface area contributed by atoms with E-state index in [-0.39, 0.29) is 5.91 Å². The summed E-state index contributed by atoms with van der Waals surface area (Å²) in [5.41, 5.74) is 3.74. The highest BCUT2D eigenvalue weighted by atomic mass is 79.9. The van der Waals surface area contributed by atoms with Crippen molar-refractivity contribution in [1.29, 1.82) is 0 Å². The van der Waals surface area contributed by atoms with Gasteiger partial charge in [0.15, 0.2) is 0 Å². The molecule has 2 aromatic rings. The Kier molecular flexibility index (Phi) is 4.84. The van der Waals surface area contributed by atoms with Crippen LogP contribution in [0.25, 0.3) is 0 Å². The molecule has 20 heavy (non-hydrogen) atoms. The number of pyridine rings is 1. The summed E-state index contributed by atoms with van der Waals surface area (Å²) in [7, 11) is 1.61. The lowest BCUT2D eigenvalue weighted by atomic mass is 10.2. The number of carbonyl (C=O) groups excluding carboxylic acids is 1. The molecule has 2 rings (SSSR count). The van der Waals surface area contributed by atoms with Crippen molar-refractivity contribution in [1.82, 2.24) is 10.4 Å². The second-order valence-corrected chi connectivity index (χ2v) is 4.78. The van der Waals surface area contributed by atoms with Crippen molar-refractivity contribution >= 4 is 28.1 Å². The van der Waals surface area contributed by atoms with Crippen LogP contribution >= 0.6 is 15.9 Å². The van der Waals surface area contributed by atoms with E-state index in [9.17, 15) is 4.79 Å². The number of hydrogen-bond donors (Lipinski definition) is 1. The smallest absolute Gasteiger partial charge is 0.272 e. The predicted octanol–water partition coefficient (Wildman–Crippen LogP) is 2.62. The molecule has 0 aliphatic heterocycles. The van der Waals surface area contributed by atoms with Gasteiger partial charge in [-0.25, -0.2) is 5.43 Å². The highest BCUT2D eigenvalue weighted by Crippen LogP contribution is 2.10. The normalized spacial score (nSPS) is 10.5. The van der Waals surface area contributed by atoms with Crippen LogP contribution in [0.2, 0.25) is 0 Å². The van der Waals surface area contributed by atoms with Crippen LogP contribution in [0.5, 0.6) is 5.75 Å². The SMILES string of the molecule is COc1ccc(C=NNC(=O)c2cncc(Br)c2)cc1. The Morgan fingerprint density at radius 3 is 2.75 bits per heavy atom. The molecule has 0 unspecified atom stereocenters. The lowest BCUT2D eigenvalue weighted by Crippen LogP contribution is -2.17. The maximum Gasteiger partial charge on any atom is 0.272 e. The van der Waals surface area contributed by atoms with Crippen LogP contribution < -0.4 is 10.2 Å². The molecule has 1 aromatic heterocycles. The van der Waals surface area contributed by atoms with Gasteiger partial charge in [-0.3, -0.25) is 9.78 Å². The molecule has 0 bridgehead atoms. The summed E-state index contributed by atoms with van der Waals surface area (Å²) in [5.74, 6) is 0.454. The van der Waals surface area contributed by atoms with Gasteiger partial charge in [0.1, 0.15) is 5.75 Å². The van der Waals surface area contributed by atoms with Gasteiger partial charge in [-0.15, -0.1) is 0 Å². The fraction of sp³-hybridized carbons (Fsp3) is 0.0714. The van der Waals surface area contributed by atoms with E-state index in [0.717, 1.165) is 15.8 Å². The van der Waals surface area contributed by atoms with E-state index in [1.807, 2.05) is 24.3 Å². The van der Waals surface area contributed by atoms with Gasteiger partial charge < -0.3 is 4.74 Å². The molecule has 1 aromatic carbocycles. The van der Waals surface area contributed by atoms with Crippen molar-refractivity contribution in [3.05, 3.63) is 58.3 Å². The zero-order chi connectivity index (χ0) is 14.4. The Labute approximate surface area is 124 Å². The maximum absolute atomic E-state index is 11.8. The average molecular weight is 334 g/mol. The fourth-order valence-corrected chi connectivity index (χ4v) is 1.82. The van der Waals surface area contributed by atoms with Gasteiger partial charge in [-0.05, 0) is 51.8 Å².